The lowest BCUT2D eigenvalue weighted by Crippen LogP contribution is -2.23. The first-order valence-corrected chi connectivity index (χ1v) is 8.50. The summed E-state index contributed by atoms with van der Waals surface area (Å²) < 4.78 is 21.1. The zero-order chi connectivity index (χ0) is 20.8. The van der Waals surface area contributed by atoms with Crippen LogP contribution in [0, 0.1) is 23.1 Å². The van der Waals surface area contributed by atoms with Gasteiger partial charge in [-0.2, -0.15) is 5.26 Å². The Labute approximate surface area is 165 Å². The Morgan fingerprint density at radius 2 is 2.14 bits per heavy atom. The van der Waals surface area contributed by atoms with Gasteiger partial charge in [0.05, 0.1) is 12.3 Å². The highest BCUT2D eigenvalue weighted by Gasteiger charge is 2.28. The molecule has 1 atom stereocenters. The molecule has 0 aliphatic rings. The Balaban J connectivity index is 1.72. The van der Waals surface area contributed by atoms with Crippen molar-refractivity contribution in [2.45, 2.75) is 0 Å². The molecule has 0 saturated carbocycles. The van der Waals surface area contributed by atoms with Crippen molar-refractivity contribution in [3.8, 4) is 17.6 Å². The SMILES string of the molecule is Cn1ccnc1C(=O)C(C#N)C(=O)/C=C/c1ccc(Oc2cccnc2)c(F)c1. The first-order valence-electron chi connectivity index (χ1n) is 8.50. The maximum Gasteiger partial charge on any atom is 0.223 e. The Hall–Kier alpha value is -4.12. The molecule has 2 aromatic heterocycles. The number of aryl methyl sites for hydroxylation is 1. The summed E-state index contributed by atoms with van der Waals surface area (Å²) in [7, 11) is 1.59. The van der Waals surface area contributed by atoms with Gasteiger partial charge in [0.2, 0.25) is 5.78 Å². The van der Waals surface area contributed by atoms with Gasteiger partial charge in [-0.1, -0.05) is 12.1 Å². The summed E-state index contributed by atoms with van der Waals surface area (Å²) in [4.78, 5) is 32.4. The first-order chi connectivity index (χ1) is 14.0. The van der Waals surface area contributed by atoms with Crippen LogP contribution in [-0.2, 0) is 11.8 Å². The summed E-state index contributed by atoms with van der Waals surface area (Å²) in [6, 6.07) is 9.13. The maximum atomic E-state index is 14.3. The number of nitriles is 1. The number of Topliss-reactive ketones (excluding diaryl/α,β-unsaturated/α-hetero) is 1. The van der Waals surface area contributed by atoms with E-state index in [4.69, 9.17) is 4.74 Å². The van der Waals surface area contributed by atoms with Gasteiger partial charge in [-0.05, 0) is 35.9 Å². The lowest BCUT2D eigenvalue weighted by Gasteiger charge is -2.07. The number of carbonyl (C=O) groups excluding carboxylic acids is 2. The molecular formula is C21H15FN4O3. The van der Waals surface area contributed by atoms with E-state index in [9.17, 15) is 19.2 Å². The van der Waals surface area contributed by atoms with Gasteiger partial charge in [-0.25, -0.2) is 9.37 Å². The standard InChI is InChI=1S/C21H15FN4O3/c1-26-10-9-25-21(26)20(28)16(12-23)18(27)6-4-14-5-7-19(17(22)11-14)29-15-3-2-8-24-13-15/h2-11,13,16H,1H3/b6-4+. The average Bonchev–Trinajstić information content (AvgIpc) is 3.15. The van der Waals surface area contributed by atoms with Gasteiger partial charge in [0.15, 0.2) is 29.1 Å². The third kappa shape index (κ3) is 4.59. The van der Waals surface area contributed by atoms with Crippen molar-refractivity contribution in [2.75, 3.05) is 0 Å². The molecule has 3 aromatic rings. The highest BCUT2D eigenvalue weighted by molar-refractivity contribution is 6.15. The van der Waals surface area contributed by atoms with Gasteiger partial charge in [-0.15, -0.1) is 0 Å². The van der Waals surface area contributed by atoms with Crippen LogP contribution in [0.15, 0.2) is 61.2 Å². The second-order valence-electron chi connectivity index (χ2n) is 6.00. The van der Waals surface area contributed by atoms with Gasteiger partial charge in [0, 0.05) is 25.6 Å². The second-order valence-corrected chi connectivity index (χ2v) is 6.00. The van der Waals surface area contributed by atoms with Crippen LogP contribution in [0.4, 0.5) is 4.39 Å². The van der Waals surface area contributed by atoms with E-state index in [0.29, 0.717) is 11.3 Å². The van der Waals surface area contributed by atoms with Crippen molar-refractivity contribution in [1.29, 1.82) is 5.26 Å². The molecule has 29 heavy (non-hydrogen) atoms. The average molecular weight is 390 g/mol. The van der Waals surface area contributed by atoms with Gasteiger partial charge in [-0.3, -0.25) is 14.6 Å². The lowest BCUT2D eigenvalue weighted by atomic mass is 9.99. The van der Waals surface area contributed by atoms with Gasteiger partial charge in [0.1, 0.15) is 5.75 Å². The number of halogens is 1. The van der Waals surface area contributed by atoms with E-state index in [1.54, 1.807) is 43.7 Å². The molecule has 0 aliphatic carbocycles. The summed E-state index contributed by atoms with van der Waals surface area (Å²) >= 11 is 0. The smallest absolute Gasteiger partial charge is 0.223 e. The van der Waals surface area contributed by atoms with Crippen molar-refractivity contribution in [2.24, 2.45) is 13.0 Å². The Kier molecular flexibility index (Phi) is 5.90. The predicted molar refractivity (Wildman–Crippen MR) is 101 cm³/mol. The molecule has 1 aromatic carbocycles. The topological polar surface area (TPSA) is 97.9 Å². The monoisotopic (exact) mass is 390 g/mol. The third-order valence-corrected chi connectivity index (χ3v) is 3.98. The van der Waals surface area contributed by atoms with Crippen molar-refractivity contribution in [1.82, 2.24) is 14.5 Å². The molecular weight excluding hydrogens is 375 g/mol. The van der Waals surface area contributed by atoms with Crippen molar-refractivity contribution in [3.63, 3.8) is 0 Å². The molecule has 8 heteroatoms. The van der Waals surface area contributed by atoms with Gasteiger partial charge >= 0.3 is 0 Å². The van der Waals surface area contributed by atoms with Crippen molar-refractivity contribution in [3.05, 3.63) is 78.4 Å². The maximum absolute atomic E-state index is 14.3. The Bertz CT molecular complexity index is 1120. The number of hydrogen-bond acceptors (Lipinski definition) is 6. The summed E-state index contributed by atoms with van der Waals surface area (Å²) in [5.41, 5.74) is 0.371. The number of ketones is 2. The molecule has 1 unspecified atom stereocenters. The minimum atomic E-state index is -1.52. The van der Waals surface area contributed by atoms with Crippen LogP contribution < -0.4 is 4.74 Å². The van der Waals surface area contributed by atoms with Crippen LogP contribution in [0.2, 0.25) is 0 Å². The minimum absolute atomic E-state index is 0.00124. The minimum Gasteiger partial charge on any atom is -0.453 e. The van der Waals surface area contributed by atoms with E-state index in [0.717, 1.165) is 6.08 Å². The molecule has 0 bridgehead atoms. The number of ether oxygens (including phenoxy) is 1. The fourth-order valence-electron chi connectivity index (χ4n) is 2.50. The molecule has 0 aliphatic heterocycles. The molecule has 3 rings (SSSR count). The second kappa shape index (κ2) is 8.71. The van der Waals surface area contributed by atoms with E-state index in [1.165, 1.54) is 35.2 Å². The lowest BCUT2D eigenvalue weighted by molar-refractivity contribution is -0.115. The normalized spacial score (nSPS) is 11.8. The quantitative estimate of drug-likeness (QED) is 0.349. The van der Waals surface area contributed by atoms with E-state index < -0.39 is 23.3 Å². The number of allylic oxidation sites excluding steroid dienone is 1. The molecule has 0 N–H and O–H groups in total. The van der Waals surface area contributed by atoms with E-state index in [2.05, 4.69) is 9.97 Å². The highest BCUT2D eigenvalue weighted by Crippen LogP contribution is 2.25. The van der Waals surface area contributed by atoms with Crippen molar-refractivity contribution < 1.29 is 18.7 Å². The number of imidazole rings is 1. The zero-order valence-corrected chi connectivity index (χ0v) is 15.3. The molecule has 0 fully saturated rings. The van der Waals surface area contributed by atoms with Gasteiger partial charge < -0.3 is 9.30 Å². The largest absolute Gasteiger partial charge is 0.453 e. The molecule has 0 amide bonds. The number of aromatic nitrogens is 3. The Morgan fingerprint density at radius 1 is 1.31 bits per heavy atom. The summed E-state index contributed by atoms with van der Waals surface area (Å²) in [6.07, 6.45) is 8.37. The fraction of sp³-hybridized carbons (Fsp3) is 0.0952. The van der Waals surface area contributed by atoms with Crippen LogP contribution in [0.3, 0.4) is 0 Å². The molecule has 0 spiro atoms. The first kappa shape index (κ1) is 19.6. The number of nitrogens with zero attached hydrogens (tertiary/aromatic N) is 4. The van der Waals surface area contributed by atoms with E-state index in [-0.39, 0.29) is 11.6 Å². The summed E-state index contributed by atoms with van der Waals surface area (Å²) in [5, 5.41) is 9.23. The molecule has 2 heterocycles. The number of hydrogen-bond donors (Lipinski definition) is 0. The van der Waals surface area contributed by atoms with Crippen LogP contribution in [0.5, 0.6) is 11.5 Å². The number of carbonyl (C=O) groups is 2. The third-order valence-electron chi connectivity index (χ3n) is 3.98. The van der Waals surface area contributed by atoms with E-state index >= 15 is 0 Å². The van der Waals surface area contributed by atoms with Crippen LogP contribution in [0.25, 0.3) is 6.08 Å². The number of pyridine rings is 1. The molecule has 144 valence electrons. The predicted octanol–water partition coefficient (Wildman–Crippen LogP) is 3.35. The van der Waals surface area contributed by atoms with Gasteiger partial charge in [0.25, 0.3) is 0 Å². The molecule has 0 radical (unpaired) electrons. The fourth-order valence-corrected chi connectivity index (χ4v) is 2.50. The molecule has 7 nitrogen and oxygen atoms in total. The van der Waals surface area contributed by atoms with Crippen LogP contribution in [-0.4, -0.2) is 26.1 Å². The molecule has 0 saturated heterocycles. The summed E-state index contributed by atoms with van der Waals surface area (Å²) in [6.45, 7) is 0. The van der Waals surface area contributed by atoms with E-state index in [1.807, 2.05) is 0 Å². The highest BCUT2D eigenvalue weighted by atomic mass is 19.1. The number of benzene rings is 1. The van der Waals surface area contributed by atoms with Crippen molar-refractivity contribution >= 4 is 17.6 Å². The summed E-state index contributed by atoms with van der Waals surface area (Å²) in [5.74, 6) is -3.16. The van der Waals surface area contributed by atoms with Crippen LogP contribution in [0.1, 0.15) is 16.2 Å². The number of rotatable bonds is 7. The zero-order valence-electron chi connectivity index (χ0n) is 15.3. The Morgan fingerprint density at radius 3 is 2.76 bits per heavy atom. The van der Waals surface area contributed by atoms with Crippen LogP contribution >= 0.6 is 0 Å².